The number of benzene rings is 9. The van der Waals surface area contributed by atoms with Gasteiger partial charge in [-0.25, -0.2) is 0 Å². The molecule has 0 fully saturated rings. The zero-order chi connectivity index (χ0) is 35.0. The summed E-state index contributed by atoms with van der Waals surface area (Å²) in [6.45, 7) is 2.13. The van der Waals surface area contributed by atoms with Gasteiger partial charge in [0.05, 0.1) is 0 Å². The Kier molecular flexibility index (Phi) is 6.86. The minimum absolute atomic E-state index is 0.210. The molecule has 0 bridgehead atoms. The molecule has 0 amide bonds. The number of aryl methyl sites for hydroxylation is 1. The van der Waals surface area contributed by atoms with E-state index in [0.717, 1.165) is 11.1 Å². The molecule has 0 saturated heterocycles. The summed E-state index contributed by atoms with van der Waals surface area (Å²) in [6.07, 6.45) is 3.75. The van der Waals surface area contributed by atoms with E-state index < -0.39 is 0 Å². The van der Waals surface area contributed by atoms with Crippen LogP contribution < -0.4 is 0 Å². The second-order valence-electron chi connectivity index (χ2n) is 14.0. The van der Waals surface area contributed by atoms with Gasteiger partial charge in [0.15, 0.2) is 0 Å². The predicted octanol–water partition coefficient (Wildman–Crippen LogP) is 14.2. The van der Waals surface area contributed by atoms with Crippen molar-refractivity contribution >= 4 is 76.9 Å². The fourth-order valence-electron chi connectivity index (χ4n) is 8.79. The molecule has 0 atom stereocenters. The van der Waals surface area contributed by atoms with Crippen LogP contribution in [0.25, 0.3) is 107 Å². The van der Waals surface area contributed by atoms with Gasteiger partial charge in [0.2, 0.25) is 0 Å². The van der Waals surface area contributed by atoms with Crippen LogP contribution in [0, 0.1) is 6.92 Å². The molecule has 0 aliphatic rings. The molecule has 0 radical (unpaired) electrons. The van der Waals surface area contributed by atoms with Gasteiger partial charge in [0.25, 0.3) is 0 Å². The first-order valence-corrected chi connectivity index (χ1v) is 19.9. The molecule has 9 aromatic carbocycles. The van der Waals surface area contributed by atoms with Crippen molar-refractivity contribution in [3.63, 3.8) is 0 Å². The Labute approximate surface area is 313 Å². The van der Waals surface area contributed by atoms with Gasteiger partial charge in [-0.15, -0.1) is 0 Å². The number of hydrogen-bond donors (Lipinski definition) is 0. The fourth-order valence-corrected chi connectivity index (χ4v) is 11.2. The molecule has 0 unspecified atom stereocenters. The van der Waals surface area contributed by atoms with E-state index >= 15 is 0 Å². The Hall–Kier alpha value is -6.18. The molecule has 53 heavy (non-hydrogen) atoms. The molecule has 2 heterocycles. The second kappa shape index (κ2) is 11.9. The zero-order valence-corrected chi connectivity index (χ0v) is 30.8. The van der Waals surface area contributed by atoms with E-state index in [1.807, 2.05) is 12.5 Å². The summed E-state index contributed by atoms with van der Waals surface area (Å²) in [6, 6.07) is 60.9. The molecule has 0 spiro atoms. The van der Waals surface area contributed by atoms with Gasteiger partial charge in [-0.1, -0.05) is 0 Å². The van der Waals surface area contributed by atoms with E-state index in [2.05, 4.69) is 171 Å². The van der Waals surface area contributed by atoms with Gasteiger partial charge in [-0.3, -0.25) is 0 Å². The first-order valence-electron chi connectivity index (χ1n) is 18.2. The van der Waals surface area contributed by atoms with E-state index in [-0.39, 0.29) is 14.5 Å². The van der Waals surface area contributed by atoms with Crippen LogP contribution in [0.1, 0.15) is 5.56 Å². The van der Waals surface area contributed by atoms with E-state index in [9.17, 15) is 0 Å². The number of fused-ring (bicyclic) bond motifs is 7. The standard InChI is InChI=1S/C51H32OSe/c1-31-29-52-30-45(31)51-42-21-11-9-19-40(42)49(41-20-10-12-22-43(41)51)33-24-26-46-44(27-33)35-25-23-34(28-47(35)53-46)50-38-17-7-5-15-36(38)48(32-13-3-2-4-14-32)37-16-6-8-18-39(37)50/h2-30H,1H3. The van der Waals surface area contributed by atoms with Crippen LogP contribution in [-0.4, -0.2) is 14.5 Å². The van der Waals surface area contributed by atoms with Gasteiger partial charge in [-0.05, 0) is 0 Å². The van der Waals surface area contributed by atoms with E-state index in [1.54, 1.807) is 0 Å². The summed E-state index contributed by atoms with van der Waals surface area (Å²) < 4.78 is 8.59. The number of hydrogen-bond acceptors (Lipinski definition) is 1. The summed E-state index contributed by atoms with van der Waals surface area (Å²) in [5.74, 6) is 0. The molecule has 2 aromatic heterocycles. The molecule has 0 N–H and O–H groups in total. The monoisotopic (exact) mass is 740 g/mol. The Morgan fingerprint density at radius 3 is 1.30 bits per heavy atom. The van der Waals surface area contributed by atoms with Crippen molar-refractivity contribution < 1.29 is 4.42 Å². The zero-order valence-electron chi connectivity index (χ0n) is 29.1. The molecule has 2 heteroatoms. The molecule has 11 aromatic rings. The van der Waals surface area contributed by atoms with Crippen LogP contribution in [0.2, 0.25) is 0 Å². The van der Waals surface area contributed by atoms with Crippen LogP contribution in [0.4, 0.5) is 0 Å². The molecule has 0 aliphatic carbocycles. The van der Waals surface area contributed by atoms with Crippen LogP contribution in [0.5, 0.6) is 0 Å². The molecular weight excluding hydrogens is 708 g/mol. The maximum atomic E-state index is 5.70. The first kappa shape index (κ1) is 30.4. The Morgan fingerprint density at radius 1 is 0.340 bits per heavy atom. The molecule has 0 aliphatic heterocycles. The van der Waals surface area contributed by atoms with Gasteiger partial charge in [0.1, 0.15) is 0 Å². The summed E-state index contributed by atoms with van der Waals surface area (Å²) in [5, 5.41) is 12.9. The van der Waals surface area contributed by atoms with Gasteiger partial charge >= 0.3 is 315 Å². The third-order valence-electron chi connectivity index (χ3n) is 11.1. The van der Waals surface area contributed by atoms with Crippen molar-refractivity contribution in [1.82, 2.24) is 0 Å². The predicted molar refractivity (Wildman–Crippen MR) is 227 cm³/mol. The molecule has 248 valence electrons. The Balaban J connectivity index is 1.13. The van der Waals surface area contributed by atoms with Crippen molar-refractivity contribution in [2.24, 2.45) is 0 Å². The van der Waals surface area contributed by atoms with Gasteiger partial charge in [0, 0.05) is 0 Å². The second-order valence-corrected chi connectivity index (χ2v) is 16.3. The van der Waals surface area contributed by atoms with Gasteiger partial charge < -0.3 is 0 Å². The molecule has 1 nitrogen and oxygen atoms in total. The van der Waals surface area contributed by atoms with Gasteiger partial charge in [-0.2, -0.15) is 0 Å². The molecular formula is C51H32OSe. The topological polar surface area (TPSA) is 13.1 Å². The summed E-state index contributed by atoms with van der Waals surface area (Å²) in [5.41, 5.74) is 11.2. The number of rotatable bonds is 4. The van der Waals surface area contributed by atoms with E-state index in [1.165, 1.54) is 101 Å². The quantitative estimate of drug-likeness (QED) is 0.129. The SMILES string of the molecule is Cc1cocc1-c1c2ccccc2c(-c2ccc3[se]c4cc(-c5c6ccccc6c(-c6ccccc6)c6ccccc56)ccc4c3c2)c2ccccc12. The minimum atomic E-state index is 0.210. The van der Waals surface area contributed by atoms with Crippen LogP contribution in [0.3, 0.4) is 0 Å². The summed E-state index contributed by atoms with van der Waals surface area (Å²) in [4.78, 5) is 0. The first-order chi connectivity index (χ1) is 26.2. The summed E-state index contributed by atoms with van der Waals surface area (Å²) >= 11 is 0.210. The van der Waals surface area contributed by atoms with Crippen molar-refractivity contribution in [3.8, 4) is 44.5 Å². The van der Waals surface area contributed by atoms with Crippen LogP contribution in [0.15, 0.2) is 181 Å². The van der Waals surface area contributed by atoms with Crippen LogP contribution >= 0.6 is 0 Å². The molecule has 11 rings (SSSR count). The summed E-state index contributed by atoms with van der Waals surface area (Å²) in [7, 11) is 0. The Bertz CT molecular complexity index is 3120. The van der Waals surface area contributed by atoms with Crippen molar-refractivity contribution in [2.45, 2.75) is 6.92 Å². The van der Waals surface area contributed by atoms with E-state index in [0.29, 0.717) is 0 Å². The fraction of sp³-hybridized carbons (Fsp3) is 0.0196. The van der Waals surface area contributed by atoms with Crippen molar-refractivity contribution in [3.05, 3.63) is 182 Å². The maximum absolute atomic E-state index is 5.70. The Morgan fingerprint density at radius 2 is 0.792 bits per heavy atom. The average Bonchev–Trinajstić information content (AvgIpc) is 3.81. The average molecular weight is 740 g/mol. The van der Waals surface area contributed by atoms with Crippen molar-refractivity contribution in [1.29, 1.82) is 0 Å². The normalized spacial score (nSPS) is 11.9. The van der Waals surface area contributed by atoms with Crippen LogP contribution in [-0.2, 0) is 0 Å². The third kappa shape index (κ3) is 4.63. The number of furan rings is 1. The molecule has 0 saturated carbocycles. The van der Waals surface area contributed by atoms with Crippen molar-refractivity contribution in [2.75, 3.05) is 0 Å². The van der Waals surface area contributed by atoms with E-state index in [4.69, 9.17) is 4.42 Å². The third-order valence-corrected chi connectivity index (χ3v) is 13.5.